The van der Waals surface area contributed by atoms with Crippen molar-refractivity contribution < 1.29 is 0 Å². The van der Waals surface area contributed by atoms with Crippen LogP contribution in [0.5, 0.6) is 0 Å². The lowest BCUT2D eigenvalue weighted by molar-refractivity contribution is 1.19. The van der Waals surface area contributed by atoms with E-state index in [4.69, 9.17) is 5.84 Å². The Bertz CT molecular complexity index is 442. The third kappa shape index (κ3) is 3.76. The molecule has 0 radical (unpaired) electrons. The van der Waals surface area contributed by atoms with Gasteiger partial charge in [-0.2, -0.15) is 11.8 Å². The van der Waals surface area contributed by atoms with Crippen LogP contribution in [0.3, 0.4) is 0 Å². The van der Waals surface area contributed by atoms with Crippen LogP contribution >= 0.6 is 11.8 Å². The van der Waals surface area contributed by atoms with Crippen LogP contribution in [0.1, 0.15) is 11.1 Å². The Labute approximate surface area is 105 Å². The quantitative estimate of drug-likeness (QED) is 0.628. The number of rotatable bonds is 5. The van der Waals surface area contributed by atoms with E-state index >= 15 is 0 Å². The molecule has 0 aliphatic carbocycles. The molecule has 0 bridgehead atoms. The van der Waals surface area contributed by atoms with Crippen molar-refractivity contribution in [2.75, 3.05) is 5.43 Å². The molecule has 0 aliphatic heterocycles. The van der Waals surface area contributed by atoms with Crippen LogP contribution in [0.2, 0.25) is 0 Å². The molecule has 0 saturated heterocycles. The normalized spacial score (nSPS) is 10.2. The van der Waals surface area contributed by atoms with E-state index in [1.807, 2.05) is 36.2 Å². The summed E-state index contributed by atoms with van der Waals surface area (Å²) in [6, 6.07) is 14.4. The summed E-state index contributed by atoms with van der Waals surface area (Å²) in [7, 11) is 0. The summed E-state index contributed by atoms with van der Waals surface area (Å²) in [6.45, 7) is 0. The highest BCUT2D eigenvalue weighted by atomic mass is 32.2. The summed E-state index contributed by atoms with van der Waals surface area (Å²) in [6.07, 6.45) is 1.85. The van der Waals surface area contributed by atoms with E-state index in [2.05, 4.69) is 34.7 Å². The number of thioether (sulfide) groups is 1. The van der Waals surface area contributed by atoms with E-state index in [0.29, 0.717) is 5.82 Å². The molecule has 88 valence electrons. The van der Waals surface area contributed by atoms with E-state index < -0.39 is 0 Å². The maximum Gasteiger partial charge on any atom is 0.139 e. The van der Waals surface area contributed by atoms with Crippen molar-refractivity contribution in [1.82, 2.24) is 4.98 Å². The number of nitrogen functional groups attached to an aromatic ring is 1. The number of pyridine rings is 1. The van der Waals surface area contributed by atoms with Gasteiger partial charge in [0.15, 0.2) is 0 Å². The Morgan fingerprint density at radius 2 is 1.76 bits per heavy atom. The van der Waals surface area contributed by atoms with Gasteiger partial charge >= 0.3 is 0 Å². The monoisotopic (exact) mass is 245 g/mol. The van der Waals surface area contributed by atoms with Gasteiger partial charge in [0, 0.05) is 17.7 Å². The number of hydrazine groups is 1. The van der Waals surface area contributed by atoms with Gasteiger partial charge in [-0.25, -0.2) is 10.8 Å². The van der Waals surface area contributed by atoms with Crippen molar-refractivity contribution in [2.45, 2.75) is 11.5 Å². The molecule has 17 heavy (non-hydrogen) atoms. The van der Waals surface area contributed by atoms with Crippen molar-refractivity contribution in [3.63, 3.8) is 0 Å². The molecule has 0 unspecified atom stereocenters. The minimum absolute atomic E-state index is 0.696. The van der Waals surface area contributed by atoms with Crippen LogP contribution in [0.4, 0.5) is 5.82 Å². The second-order valence-electron chi connectivity index (χ2n) is 3.67. The Morgan fingerprint density at radius 3 is 2.41 bits per heavy atom. The summed E-state index contributed by atoms with van der Waals surface area (Å²) in [4.78, 5) is 4.17. The first-order valence-corrected chi connectivity index (χ1v) is 6.57. The molecule has 3 N–H and O–H groups in total. The van der Waals surface area contributed by atoms with Gasteiger partial charge in [0.25, 0.3) is 0 Å². The van der Waals surface area contributed by atoms with E-state index in [1.165, 1.54) is 11.1 Å². The number of hydrogen-bond donors (Lipinski definition) is 2. The fraction of sp³-hybridized carbons (Fsp3) is 0.154. The first-order chi connectivity index (χ1) is 8.38. The molecule has 0 fully saturated rings. The third-order valence-electron chi connectivity index (χ3n) is 2.35. The zero-order valence-electron chi connectivity index (χ0n) is 9.47. The molecule has 0 aliphatic rings. The summed E-state index contributed by atoms with van der Waals surface area (Å²) in [5, 5.41) is 0. The number of anilines is 1. The largest absolute Gasteiger partial charge is 0.308 e. The van der Waals surface area contributed by atoms with Gasteiger partial charge in [-0.05, 0) is 17.2 Å². The van der Waals surface area contributed by atoms with Crippen molar-refractivity contribution in [1.29, 1.82) is 0 Å². The molecule has 3 nitrogen and oxygen atoms in total. The first kappa shape index (κ1) is 12.0. The highest BCUT2D eigenvalue weighted by Crippen LogP contribution is 2.17. The van der Waals surface area contributed by atoms with E-state index in [1.54, 1.807) is 0 Å². The number of nitrogens with one attached hydrogen (secondary N) is 1. The highest BCUT2D eigenvalue weighted by Gasteiger charge is 1.96. The predicted octanol–water partition coefficient (Wildman–Crippen LogP) is 2.80. The molecular formula is C13H15N3S. The van der Waals surface area contributed by atoms with Gasteiger partial charge in [-0.15, -0.1) is 0 Å². The van der Waals surface area contributed by atoms with Gasteiger partial charge in [-0.1, -0.05) is 36.4 Å². The SMILES string of the molecule is NNc1ccc(CSCc2ccccc2)cn1. The van der Waals surface area contributed by atoms with Crippen molar-refractivity contribution in [3.8, 4) is 0 Å². The molecule has 1 aromatic carbocycles. The standard InChI is InChI=1S/C13H15N3S/c14-16-13-7-6-12(8-15-13)10-17-9-11-4-2-1-3-5-11/h1-8H,9-10,14H2,(H,15,16). The fourth-order valence-electron chi connectivity index (χ4n) is 1.46. The average Bonchev–Trinajstić information content (AvgIpc) is 2.41. The Balaban J connectivity index is 1.82. The molecule has 0 amide bonds. The van der Waals surface area contributed by atoms with Crippen LogP contribution in [0.25, 0.3) is 0 Å². The fourth-order valence-corrected chi connectivity index (χ4v) is 2.39. The number of nitrogens with two attached hydrogens (primary N) is 1. The van der Waals surface area contributed by atoms with Crippen molar-refractivity contribution in [2.24, 2.45) is 5.84 Å². The zero-order valence-corrected chi connectivity index (χ0v) is 10.3. The maximum absolute atomic E-state index is 5.26. The first-order valence-electron chi connectivity index (χ1n) is 5.41. The molecular weight excluding hydrogens is 230 g/mol. The Morgan fingerprint density at radius 1 is 1.00 bits per heavy atom. The van der Waals surface area contributed by atoms with Crippen LogP contribution in [0, 0.1) is 0 Å². The van der Waals surface area contributed by atoms with Gasteiger partial charge in [0.1, 0.15) is 5.82 Å². The maximum atomic E-state index is 5.26. The lowest BCUT2D eigenvalue weighted by Gasteiger charge is -2.03. The molecule has 4 heteroatoms. The Kier molecular flexibility index (Phi) is 4.41. The molecule has 1 aromatic heterocycles. The smallest absolute Gasteiger partial charge is 0.139 e. The number of aromatic nitrogens is 1. The van der Waals surface area contributed by atoms with E-state index in [-0.39, 0.29) is 0 Å². The number of benzene rings is 1. The minimum atomic E-state index is 0.696. The molecule has 1 heterocycles. The van der Waals surface area contributed by atoms with Gasteiger partial charge in [0.05, 0.1) is 0 Å². The predicted molar refractivity (Wildman–Crippen MR) is 73.5 cm³/mol. The van der Waals surface area contributed by atoms with E-state index in [0.717, 1.165) is 11.5 Å². The molecule has 2 rings (SSSR count). The number of hydrogen-bond acceptors (Lipinski definition) is 4. The summed E-state index contributed by atoms with van der Waals surface area (Å²) >= 11 is 1.88. The minimum Gasteiger partial charge on any atom is -0.308 e. The van der Waals surface area contributed by atoms with Crippen LogP contribution in [0.15, 0.2) is 48.7 Å². The topological polar surface area (TPSA) is 50.9 Å². The van der Waals surface area contributed by atoms with Crippen molar-refractivity contribution in [3.05, 3.63) is 59.8 Å². The molecule has 0 spiro atoms. The molecule has 0 saturated carbocycles. The summed E-state index contributed by atoms with van der Waals surface area (Å²) < 4.78 is 0. The van der Waals surface area contributed by atoms with Crippen LogP contribution in [-0.4, -0.2) is 4.98 Å². The third-order valence-corrected chi connectivity index (χ3v) is 3.43. The van der Waals surface area contributed by atoms with Gasteiger partial charge < -0.3 is 5.43 Å². The lowest BCUT2D eigenvalue weighted by Crippen LogP contribution is -2.08. The van der Waals surface area contributed by atoms with Crippen molar-refractivity contribution >= 4 is 17.6 Å². The van der Waals surface area contributed by atoms with Gasteiger partial charge in [0.2, 0.25) is 0 Å². The lowest BCUT2D eigenvalue weighted by atomic mass is 10.2. The summed E-state index contributed by atoms with van der Waals surface area (Å²) in [5.41, 5.74) is 5.08. The second-order valence-corrected chi connectivity index (χ2v) is 4.66. The average molecular weight is 245 g/mol. The zero-order chi connectivity index (χ0) is 11.9. The van der Waals surface area contributed by atoms with Gasteiger partial charge in [-0.3, -0.25) is 0 Å². The second kappa shape index (κ2) is 6.27. The molecule has 2 aromatic rings. The van der Waals surface area contributed by atoms with Crippen LogP contribution < -0.4 is 11.3 Å². The molecule has 0 atom stereocenters. The highest BCUT2D eigenvalue weighted by molar-refractivity contribution is 7.97. The summed E-state index contributed by atoms with van der Waals surface area (Å²) in [5.74, 6) is 7.94. The Hall–Kier alpha value is -1.52. The van der Waals surface area contributed by atoms with E-state index in [9.17, 15) is 0 Å². The van der Waals surface area contributed by atoms with Crippen LogP contribution in [-0.2, 0) is 11.5 Å². The number of nitrogens with zero attached hydrogens (tertiary/aromatic N) is 1.